The first-order valence-corrected chi connectivity index (χ1v) is 18.6. The summed E-state index contributed by atoms with van der Waals surface area (Å²) in [5.41, 5.74) is 6.50. The van der Waals surface area contributed by atoms with Crippen molar-refractivity contribution in [3.05, 3.63) is 130 Å². The topological polar surface area (TPSA) is 103 Å². The smallest absolute Gasteiger partial charge is 0.251 e. The van der Waals surface area contributed by atoms with E-state index >= 15 is 0 Å². The van der Waals surface area contributed by atoms with E-state index in [0.29, 0.717) is 32.8 Å². The fraction of sp³-hybridized carbons (Fsp3) is 0.310. The van der Waals surface area contributed by atoms with Crippen molar-refractivity contribution in [1.29, 1.82) is 0 Å². The average Bonchev–Trinajstić information content (AvgIpc) is 3.17. The number of anilines is 1. The second kappa shape index (κ2) is 16.2. The predicted molar refractivity (Wildman–Crippen MR) is 206 cm³/mol. The highest BCUT2D eigenvalue weighted by molar-refractivity contribution is 6.33. The first-order chi connectivity index (χ1) is 25.7. The van der Waals surface area contributed by atoms with Crippen molar-refractivity contribution < 1.29 is 14.0 Å². The highest BCUT2D eigenvalue weighted by Gasteiger charge is 2.26. The Morgan fingerprint density at radius 3 is 1.87 bits per heavy atom. The van der Waals surface area contributed by atoms with E-state index in [2.05, 4.69) is 42.5 Å². The number of amides is 2. The van der Waals surface area contributed by atoms with Crippen molar-refractivity contribution in [2.24, 2.45) is 0 Å². The summed E-state index contributed by atoms with van der Waals surface area (Å²) < 4.78 is 14.8. The van der Waals surface area contributed by atoms with Gasteiger partial charge in [-0.3, -0.25) is 24.5 Å². The molecule has 0 unspecified atom stereocenters. The number of nitrogens with zero attached hydrogens (tertiary/aromatic N) is 5. The van der Waals surface area contributed by atoms with E-state index < -0.39 is 0 Å². The zero-order valence-corrected chi connectivity index (χ0v) is 30.7. The highest BCUT2D eigenvalue weighted by atomic mass is 35.5. The van der Waals surface area contributed by atoms with Crippen LogP contribution in [0.25, 0.3) is 22.3 Å². The fourth-order valence-corrected chi connectivity index (χ4v) is 7.86. The molecule has 5 aromatic rings. The first kappa shape index (κ1) is 36.2. The van der Waals surface area contributed by atoms with Crippen LogP contribution in [0.2, 0.25) is 5.02 Å². The summed E-state index contributed by atoms with van der Waals surface area (Å²) in [5, 5.41) is 7.03. The lowest BCUT2D eigenvalue weighted by Gasteiger charge is -2.34. The maximum atomic E-state index is 14.8. The summed E-state index contributed by atoms with van der Waals surface area (Å²) in [6, 6.07) is 18.2. The lowest BCUT2D eigenvalue weighted by atomic mass is 9.95. The van der Waals surface area contributed by atoms with Gasteiger partial charge in [-0.2, -0.15) is 0 Å². The summed E-state index contributed by atoms with van der Waals surface area (Å²) in [6.45, 7) is 7.84. The normalized spacial score (nSPS) is 15.7. The van der Waals surface area contributed by atoms with Crippen LogP contribution in [-0.4, -0.2) is 69.9 Å². The fourth-order valence-electron chi connectivity index (χ4n) is 7.55. The van der Waals surface area contributed by atoms with Crippen molar-refractivity contribution in [2.45, 2.75) is 58.2 Å². The molecule has 0 saturated carbocycles. The standard InChI is InChI=1S/C42H43ClFN7O2/c1-27-34(8-10-36(43)39(27)30-5-3-17-45-24-30)41(52)48-32-13-19-50(20-14-32)26-29-7-12-38(47-23-29)51-21-15-33(16-22-51)49-42(53)35-9-11-37(44)40(28(35)2)31-6-4-18-46-25-31/h3-12,17-18,23-25,32-33H,13-16,19-22,26H2,1-2H3,(H,48,52)(H,49,53). The molecule has 5 heterocycles. The first-order valence-electron chi connectivity index (χ1n) is 18.2. The third kappa shape index (κ3) is 8.24. The maximum Gasteiger partial charge on any atom is 0.251 e. The number of likely N-dealkylation sites (tertiary alicyclic amines) is 1. The van der Waals surface area contributed by atoms with Crippen LogP contribution in [0.5, 0.6) is 0 Å². The predicted octanol–water partition coefficient (Wildman–Crippen LogP) is 7.41. The Bertz CT molecular complexity index is 2070. The maximum absolute atomic E-state index is 14.8. The van der Waals surface area contributed by atoms with Gasteiger partial charge in [0.15, 0.2) is 0 Å². The zero-order chi connectivity index (χ0) is 36.9. The number of hydrogen-bond acceptors (Lipinski definition) is 7. The number of hydrogen-bond donors (Lipinski definition) is 2. The quantitative estimate of drug-likeness (QED) is 0.163. The third-order valence-electron chi connectivity index (χ3n) is 10.5. The largest absolute Gasteiger partial charge is 0.356 e. The minimum Gasteiger partial charge on any atom is -0.356 e. The summed E-state index contributed by atoms with van der Waals surface area (Å²) in [6.07, 6.45) is 12.0. The van der Waals surface area contributed by atoms with E-state index in [1.54, 1.807) is 62.0 Å². The minimum atomic E-state index is -0.369. The van der Waals surface area contributed by atoms with Gasteiger partial charge in [-0.05, 0) is 98.7 Å². The van der Waals surface area contributed by atoms with Crippen LogP contribution in [0.4, 0.5) is 10.2 Å². The molecule has 53 heavy (non-hydrogen) atoms. The molecule has 2 aromatic carbocycles. The molecule has 2 amide bonds. The number of aromatic nitrogens is 3. The number of piperidine rings is 2. The molecule has 2 fully saturated rings. The van der Waals surface area contributed by atoms with E-state index in [9.17, 15) is 14.0 Å². The van der Waals surface area contributed by atoms with Crippen molar-refractivity contribution in [3.8, 4) is 22.3 Å². The summed E-state index contributed by atoms with van der Waals surface area (Å²) in [5.74, 6) is 0.297. The second-order valence-corrected chi connectivity index (χ2v) is 14.4. The zero-order valence-electron chi connectivity index (χ0n) is 30.0. The van der Waals surface area contributed by atoms with Gasteiger partial charge in [-0.1, -0.05) is 29.8 Å². The Kier molecular flexibility index (Phi) is 11.1. The molecule has 2 saturated heterocycles. The monoisotopic (exact) mass is 731 g/mol. The number of halogens is 2. The van der Waals surface area contributed by atoms with Crippen molar-refractivity contribution in [1.82, 2.24) is 30.5 Å². The molecule has 0 bridgehead atoms. The van der Waals surface area contributed by atoms with Crippen LogP contribution >= 0.6 is 11.6 Å². The molecule has 9 nitrogen and oxygen atoms in total. The van der Waals surface area contributed by atoms with Gasteiger partial charge in [0.25, 0.3) is 11.8 Å². The Hall–Kier alpha value is -5.19. The Labute approximate surface area is 314 Å². The number of nitrogens with one attached hydrogen (secondary N) is 2. The molecular weight excluding hydrogens is 689 g/mol. The third-order valence-corrected chi connectivity index (χ3v) is 10.8. The van der Waals surface area contributed by atoms with Crippen LogP contribution in [-0.2, 0) is 6.54 Å². The van der Waals surface area contributed by atoms with E-state index in [1.165, 1.54) is 6.07 Å². The minimum absolute atomic E-state index is 0.0246. The van der Waals surface area contributed by atoms with Crippen molar-refractivity contribution >= 4 is 29.2 Å². The Morgan fingerprint density at radius 1 is 0.736 bits per heavy atom. The van der Waals surface area contributed by atoms with Crippen LogP contribution < -0.4 is 15.5 Å². The molecule has 7 rings (SSSR count). The Morgan fingerprint density at radius 2 is 1.30 bits per heavy atom. The molecule has 3 aromatic heterocycles. The molecule has 2 N–H and O–H groups in total. The van der Waals surface area contributed by atoms with Crippen LogP contribution in [0.3, 0.4) is 0 Å². The molecule has 2 aliphatic rings. The SMILES string of the molecule is Cc1c(C(=O)NC2CCN(c3ccc(CN4CCC(NC(=O)c5ccc(Cl)c(-c6cccnc6)c5C)CC4)cn3)CC2)ccc(F)c1-c1cccnc1. The van der Waals surface area contributed by atoms with Gasteiger partial charge >= 0.3 is 0 Å². The summed E-state index contributed by atoms with van der Waals surface area (Å²) in [7, 11) is 0. The van der Waals surface area contributed by atoms with Gasteiger partial charge in [-0.25, -0.2) is 9.37 Å². The lowest BCUT2D eigenvalue weighted by Crippen LogP contribution is -2.45. The van der Waals surface area contributed by atoms with Crippen molar-refractivity contribution in [2.75, 3.05) is 31.1 Å². The molecule has 0 radical (unpaired) electrons. The van der Waals surface area contributed by atoms with Gasteiger partial charge in [0, 0.05) is 114 Å². The molecule has 0 spiro atoms. The van der Waals surface area contributed by atoms with E-state index in [1.807, 2.05) is 25.3 Å². The van der Waals surface area contributed by atoms with Gasteiger partial charge < -0.3 is 15.5 Å². The number of carbonyl (C=O) groups is 2. The van der Waals surface area contributed by atoms with Crippen LogP contribution in [0.15, 0.2) is 91.6 Å². The summed E-state index contributed by atoms with van der Waals surface area (Å²) >= 11 is 6.53. The molecule has 272 valence electrons. The molecule has 0 aliphatic carbocycles. The average molecular weight is 732 g/mol. The van der Waals surface area contributed by atoms with Gasteiger partial charge in [0.05, 0.1) is 0 Å². The number of carbonyl (C=O) groups excluding carboxylic acids is 2. The number of benzene rings is 2. The van der Waals surface area contributed by atoms with Crippen LogP contribution in [0.1, 0.15) is 63.1 Å². The van der Waals surface area contributed by atoms with Gasteiger partial charge in [-0.15, -0.1) is 0 Å². The van der Waals surface area contributed by atoms with Gasteiger partial charge in [0.1, 0.15) is 11.6 Å². The van der Waals surface area contributed by atoms with E-state index in [-0.39, 0.29) is 29.7 Å². The molecule has 0 atom stereocenters. The highest BCUT2D eigenvalue weighted by Crippen LogP contribution is 2.33. The van der Waals surface area contributed by atoms with E-state index in [0.717, 1.165) is 86.5 Å². The van der Waals surface area contributed by atoms with Crippen molar-refractivity contribution in [3.63, 3.8) is 0 Å². The number of pyridine rings is 3. The Balaban J connectivity index is 0.870. The number of rotatable bonds is 9. The van der Waals surface area contributed by atoms with E-state index in [4.69, 9.17) is 16.6 Å². The molecular formula is C42H43ClFN7O2. The second-order valence-electron chi connectivity index (χ2n) is 14.0. The van der Waals surface area contributed by atoms with Gasteiger partial charge in [0.2, 0.25) is 0 Å². The molecule has 11 heteroatoms. The summed E-state index contributed by atoms with van der Waals surface area (Å²) in [4.78, 5) is 44.4. The lowest BCUT2D eigenvalue weighted by molar-refractivity contribution is 0.0905. The van der Waals surface area contributed by atoms with Crippen LogP contribution in [0, 0.1) is 19.7 Å². The molecule has 2 aliphatic heterocycles.